The summed E-state index contributed by atoms with van der Waals surface area (Å²) in [5.74, 6) is 0.286. The molecule has 168 valence electrons. The molecule has 0 unspecified atom stereocenters. The number of halogens is 1. The Morgan fingerprint density at radius 3 is 2.44 bits per heavy atom. The van der Waals surface area contributed by atoms with Crippen molar-refractivity contribution in [3.05, 3.63) is 76.1 Å². The van der Waals surface area contributed by atoms with Gasteiger partial charge in [0.1, 0.15) is 11.4 Å². The maximum atomic E-state index is 12.5. The Balaban J connectivity index is 1.63. The Labute approximate surface area is 192 Å². The van der Waals surface area contributed by atoms with E-state index in [0.29, 0.717) is 35.0 Å². The van der Waals surface area contributed by atoms with E-state index < -0.39 is 10.0 Å². The molecule has 1 heterocycles. The zero-order chi connectivity index (χ0) is 23.1. The summed E-state index contributed by atoms with van der Waals surface area (Å²) >= 11 is 5.86. The van der Waals surface area contributed by atoms with Crippen LogP contribution in [0.2, 0.25) is 5.02 Å². The lowest BCUT2D eigenvalue weighted by Crippen LogP contribution is -2.25. The Bertz CT molecular complexity index is 1200. The Kier molecular flexibility index (Phi) is 7.84. The van der Waals surface area contributed by atoms with Crippen LogP contribution in [0.5, 0.6) is 0 Å². The van der Waals surface area contributed by atoms with Crippen LogP contribution in [0.1, 0.15) is 35.9 Å². The van der Waals surface area contributed by atoms with Crippen LogP contribution in [-0.2, 0) is 21.2 Å². The van der Waals surface area contributed by atoms with Crippen molar-refractivity contribution in [2.24, 2.45) is 0 Å². The number of nitrogens with one attached hydrogen (secondary N) is 2. The van der Waals surface area contributed by atoms with E-state index in [2.05, 4.69) is 15.2 Å². The third-order valence-electron chi connectivity index (χ3n) is 4.71. The molecule has 2 N–H and O–H groups in total. The van der Waals surface area contributed by atoms with Gasteiger partial charge in [0.25, 0.3) is 0 Å². The van der Waals surface area contributed by atoms with Gasteiger partial charge in [-0.25, -0.2) is 13.1 Å². The van der Waals surface area contributed by atoms with Gasteiger partial charge in [-0.1, -0.05) is 54.0 Å². The molecule has 32 heavy (non-hydrogen) atoms. The normalized spacial score (nSPS) is 11.7. The Hall–Kier alpha value is -2.94. The van der Waals surface area contributed by atoms with Crippen molar-refractivity contribution in [3.8, 4) is 0 Å². The molecule has 7 nitrogen and oxygen atoms in total. The molecular formula is C23H24ClN3O4S. The highest BCUT2D eigenvalue weighted by Crippen LogP contribution is 2.23. The molecule has 1 aromatic heterocycles. The van der Waals surface area contributed by atoms with Gasteiger partial charge in [-0.05, 0) is 54.8 Å². The summed E-state index contributed by atoms with van der Waals surface area (Å²) in [7, 11) is -3.62. The standard InChI is InChI=1S/C23H24ClN3O4S/c1-3-22(28)26-23-16(2)27-31-21(23)13-8-17-6-11-20(12-7-17)32(29,30)25-15-14-18-4-9-19(24)10-5-18/h4-13,25H,3,14-15H2,1-2H3,(H,26,28)/b13-8-. The molecule has 0 saturated carbocycles. The number of rotatable bonds is 9. The average Bonchev–Trinajstić information content (AvgIpc) is 3.13. The quantitative estimate of drug-likeness (QED) is 0.470. The van der Waals surface area contributed by atoms with Crippen molar-refractivity contribution in [2.45, 2.75) is 31.6 Å². The van der Waals surface area contributed by atoms with Gasteiger partial charge in [-0.15, -0.1) is 0 Å². The molecule has 2 aromatic carbocycles. The number of benzene rings is 2. The molecule has 0 bridgehead atoms. The molecule has 3 rings (SSSR count). The predicted molar refractivity (Wildman–Crippen MR) is 126 cm³/mol. The maximum Gasteiger partial charge on any atom is 0.240 e. The summed E-state index contributed by atoms with van der Waals surface area (Å²) in [6.45, 7) is 3.78. The molecular weight excluding hydrogens is 450 g/mol. The third kappa shape index (κ3) is 6.29. The number of hydrogen-bond acceptors (Lipinski definition) is 5. The molecule has 0 radical (unpaired) electrons. The molecule has 0 aliphatic heterocycles. The van der Waals surface area contributed by atoms with Crippen molar-refractivity contribution >= 4 is 45.4 Å². The van der Waals surface area contributed by atoms with Crippen LogP contribution in [0.25, 0.3) is 12.2 Å². The Morgan fingerprint density at radius 2 is 1.78 bits per heavy atom. The van der Waals surface area contributed by atoms with E-state index in [4.69, 9.17) is 16.1 Å². The highest BCUT2D eigenvalue weighted by molar-refractivity contribution is 7.89. The molecule has 1 amide bonds. The first-order chi connectivity index (χ1) is 15.3. The van der Waals surface area contributed by atoms with E-state index in [1.807, 2.05) is 12.1 Å². The molecule has 0 spiro atoms. The fourth-order valence-corrected chi connectivity index (χ4v) is 4.03. The Morgan fingerprint density at radius 1 is 1.09 bits per heavy atom. The number of amides is 1. The average molecular weight is 474 g/mol. The summed E-state index contributed by atoms with van der Waals surface area (Å²) in [6.07, 6.45) is 4.34. The molecule has 0 aliphatic carbocycles. The van der Waals surface area contributed by atoms with Crippen LogP contribution in [0.4, 0.5) is 5.69 Å². The number of hydrogen-bond donors (Lipinski definition) is 2. The second kappa shape index (κ2) is 10.6. The van der Waals surface area contributed by atoms with Gasteiger partial charge in [0.15, 0.2) is 5.76 Å². The fourth-order valence-electron chi connectivity index (χ4n) is 2.87. The molecule has 9 heteroatoms. The van der Waals surface area contributed by atoms with Crippen molar-refractivity contribution < 1.29 is 17.7 Å². The fraction of sp³-hybridized carbons (Fsp3) is 0.217. The summed E-state index contributed by atoms with van der Waals surface area (Å²) < 4.78 is 32.9. The number of anilines is 1. The largest absolute Gasteiger partial charge is 0.354 e. The topological polar surface area (TPSA) is 101 Å². The monoisotopic (exact) mass is 473 g/mol. The number of aryl methyl sites for hydroxylation is 1. The second-order valence-corrected chi connectivity index (χ2v) is 9.29. The van der Waals surface area contributed by atoms with Crippen molar-refractivity contribution in [3.63, 3.8) is 0 Å². The van der Waals surface area contributed by atoms with Gasteiger partial charge in [0, 0.05) is 18.0 Å². The summed E-state index contributed by atoms with van der Waals surface area (Å²) in [4.78, 5) is 11.9. The number of aromatic nitrogens is 1. The highest BCUT2D eigenvalue weighted by atomic mass is 35.5. The lowest BCUT2D eigenvalue weighted by molar-refractivity contribution is -0.115. The number of carbonyl (C=O) groups is 1. The van der Waals surface area contributed by atoms with Gasteiger partial charge >= 0.3 is 0 Å². The van der Waals surface area contributed by atoms with E-state index in [9.17, 15) is 13.2 Å². The zero-order valence-corrected chi connectivity index (χ0v) is 19.3. The smallest absolute Gasteiger partial charge is 0.240 e. The van der Waals surface area contributed by atoms with Crippen LogP contribution in [0, 0.1) is 6.92 Å². The highest BCUT2D eigenvalue weighted by Gasteiger charge is 2.14. The minimum atomic E-state index is -3.62. The summed E-state index contributed by atoms with van der Waals surface area (Å²) in [5, 5.41) is 7.29. The SMILES string of the molecule is CCC(=O)Nc1c(C)noc1/C=C\c1ccc(S(=O)(=O)NCCc2ccc(Cl)cc2)cc1. The molecule has 0 atom stereocenters. The van der Waals surface area contributed by atoms with Crippen molar-refractivity contribution in [2.75, 3.05) is 11.9 Å². The molecule has 3 aromatic rings. The first-order valence-corrected chi connectivity index (χ1v) is 11.9. The van der Waals surface area contributed by atoms with Crippen LogP contribution < -0.4 is 10.0 Å². The minimum Gasteiger partial charge on any atom is -0.354 e. The predicted octanol–water partition coefficient (Wildman–Crippen LogP) is 4.68. The van der Waals surface area contributed by atoms with E-state index in [0.717, 1.165) is 11.1 Å². The van der Waals surface area contributed by atoms with Gasteiger partial charge in [0.05, 0.1) is 4.90 Å². The number of carbonyl (C=O) groups excluding carboxylic acids is 1. The van der Waals surface area contributed by atoms with E-state index >= 15 is 0 Å². The first-order valence-electron chi connectivity index (χ1n) is 10.1. The van der Waals surface area contributed by atoms with Gasteiger partial charge in [0.2, 0.25) is 15.9 Å². The van der Waals surface area contributed by atoms with Crippen LogP contribution in [0.3, 0.4) is 0 Å². The van der Waals surface area contributed by atoms with Gasteiger partial charge in [-0.2, -0.15) is 0 Å². The zero-order valence-electron chi connectivity index (χ0n) is 17.8. The van der Waals surface area contributed by atoms with Crippen molar-refractivity contribution in [1.29, 1.82) is 0 Å². The number of sulfonamides is 1. The lowest BCUT2D eigenvalue weighted by atomic mass is 10.2. The molecule has 0 fully saturated rings. The molecule has 0 saturated heterocycles. The summed E-state index contributed by atoms with van der Waals surface area (Å²) in [6, 6.07) is 13.7. The van der Waals surface area contributed by atoms with E-state index in [-0.39, 0.29) is 17.3 Å². The first kappa shape index (κ1) is 23.7. The van der Waals surface area contributed by atoms with Gasteiger partial charge < -0.3 is 9.84 Å². The van der Waals surface area contributed by atoms with Gasteiger partial charge in [-0.3, -0.25) is 4.79 Å². The van der Waals surface area contributed by atoms with Crippen LogP contribution in [0.15, 0.2) is 57.9 Å². The van der Waals surface area contributed by atoms with Crippen LogP contribution in [-0.4, -0.2) is 26.0 Å². The third-order valence-corrected chi connectivity index (χ3v) is 6.44. The minimum absolute atomic E-state index is 0.135. The maximum absolute atomic E-state index is 12.5. The van der Waals surface area contributed by atoms with Crippen LogP contribution >= 0.6 is 11.6 Å². The second-order valence-electron chi connectivity index (χ2n) is 7.09. The number of nitrogens with zero attached hydrogens (tertiary/aromatic N) is 1. The summed E-state index contributed by atoms with van der Waals surface area (Å²) in [5.41, 5.74) is 2.87. The van der Waals surface area contributed by atoms with Crippen molar-refractivity contribution in [1.82, 2.24) is 9.88 Å². The lowest BCUT2D eigenvalue weighted by Gasteiger charge is -2.07. The van der Waals surface area contributed by atoms with E-state index in [1.165, 1.54) is 12.1 Å². The molecule has 0 aliphatic rings. The van der Waals surface area contributed by atoms with E-state index in [1.54, 1.807) is 50.3 Å².